The van der Waals surface area contributed by atoms with Crippen LogP contribution in [-0.2, 0) is 25.4 Å². The van der Waals surface area contributed by atoms with Crippen molar-refractivity contribution < 1.29 is 9.18 Å². The molecule has 0 aliphatic rings. The molecular formula is C17H17ClFN5O3. The van der Waals surface area contributed by atoms with Gasteiger partial charge in [0.1, 0.15) is 5.82 Å². The van der Waals surface area contributed by atoms with E-state index in [-0.39, 0.29) is 17.4 Å². The van der Waals surface area contributed by atoms with Gasteiger partial charge < -0.3 is 9.88 Å². The fourth-order valence-electron chi connectivity index (χ4n) is 2.78. The molecule has 0 unspecified atom stereocenters. The Bertz CT molecular complexity index is 1150. The molecule has 3 rings (SSSR count). The lowest BCUT2D eigenvalue weighted by molar-refractivity contribution is -0.116. The third kappa shape index (κ3) is 3.63. The summed E-state index contributed by atoms with van der Waals surface area (Å²) in [6.07, 6.45) is 2.07. The van der Waals surface area contributed by atoms with Crippen molar-refractivity contribution >= 4 is 34.4 Å². The summed E-state index contributed by atoms with van der Waals surface area (Å²) in [5.41, 5.74) is 0.0497. The van der Waals surface area contributed by atoms with Crippen molar-refractivity contribution in [1.82, 2.24) is 18.7 Å². The maximum absolute atomic E-state index is 13.0. The van der Waals surface area contributed by atoms with Crippen LogP contribution in [0.2, 0.25) is 5.02 Å². The Balaban J connectivity index is 1.70. The molecule has 142 valence electrons. The lowest BCUT2D eigenvalue weighted by atomic mass is 10.2. The van der Waals surface area contributed by atoms with Crippen molar-refractivity contribution in [2.45, 2.75) is 19.4 Å². The van der Waals surface area contributed by atoms with Crippen LogP contribution in [-0.4, -0.2) is 24.6 Å². The van der Waals surface area contributed by atoms with Crippen LogP contribution in [0.1, 0.15) is 12.8 Å². The van der Waals surface area contributed by atoms with Gasteiger partial charge >= 0.3 is 5.69 Å². The third-order valence-electron chi connectivity index (χ3n) is 4.23. The first-order valence-corrected chi connectivity index (χ1v) is 8.53. The Hall–Kier alpha value is -2.94. The Morgan fingerprint density at radius 3 is 2.70 bits per heavy atom. The number of nitrogens with one attached hydrogen (secondary N) is 1. The van der Waals surface area contributed by atoms with Crippen molar-refractivity contribution in [3.05, 3.63) is 56.2 Å². The summed E-state index contributed by atoms with van der Waals surface area (Å²) < 4.78 is 17.0. The summed E-state index contributed by atoms with van der Waals surface area (Å²) in [7, 11) is 2.95. The SMILES string of the molecule is Cn1c(=O)c2c(ncn2CCCC(=O)Nc2ccc(F)cc2Cl)n(C)c1=O. The highest BCUT2D eigenvalue weighted by Gasteiger charge is 2.14. The Labute approximate surface area is 157 Å². The van der Waals surface area contributed by atoms with Crippen LogP contribution in [0.3, 0.4) is 0 Å². The van der Waals surface area contributed by atoms with Gasteiger partial charge in [0.15, 0.2) is 11.2 Å². The molecule has 0 radical (unpaired) electrons. The van der Waals surface area contributed by atoms with Gasteiger partial charge in [-0.2, -0.15) is 0 Å². The highest BCUT2D eigenvalue weighted by Crippen LogP contribution is 2.22. The topological polar surface area (TPSA) is 90.9 Å². The number of halogens is 2. The van der Waals surface area contributed by atoms with E-state index in [1.54, 1.807) is 11.6 Å². The van der Waals surface area contributed by atoms with Gasteiger partial charge in [-0.3, -0.25) is 18.7 Å². The predicted octanol–water partition coefficient (Wildman–Crippen LogP) is 1.65. The van der Waals surface area contributed by atoms with Gasteiger partial charge in [0.05, 0.1) is 17.0 Å². The molecule has 2 heterocycles. The van der Waals surface area contributed by atoms with Crippen molar-refractivity contribution in [2.75, 3.05) is 5.32 Å². The molecule has 10 heteroatoms. The summed E-state index contributed by atoms with van der Waals surface area (Å²) in [4.78, 5) is 40.5. The number of amides is 1. The van der Waals surface area contributed by atoms with Gasteiger partial charge in [0.25, 0.3) is 5.56 Å². The number of hydrogen-bond acceptors (Lipinski definition) is 4. The van der Waals surface area contributed by atoms with E-state index in [2.05, 4.69) is 10.3 Å². The molecule has 2 aromatic heterocycles. The zero-order valence-electron chi connectivity index (χ0n) is 14.7. The molecule has 1 N–H and O–H groups in total. The number of benzene rings is 1. The zero-order chi connectivity index (χ0) is 19.7. The van der Waals surface area contributed by atoms with E-state index in [1.807, 2.05) is 0 Å². The number of rotatable bonds is 5. The van der Waals surface area contributed by atoms with E-state index in [1.165, 1.54) is 30.1 Å². The Morgan fingerprint density at radius 1 is 1.26 bits per heavy atom. The van der Waals surface area contributed by atoms with Crippen LogP contribution in [0.4, 0.5) is 10.1 Å². The summed E-state index contributed by atoms with van der Waals surface area (Å²) >= 11 is 5.88. The van der Waals surface area contributed by atoms with E-state index in [0.29, 0.717) is 29.8 Å². The van der Waals surface area contributed by atoms with Crippen LogP contribution in [0, 0.1) is 5.82 Å². The second kappa shape index (κ2) is 7.36. The van der Waals surface area contributed by atoms with Crippen molar-refractivity contribution in [2.24, 2.45) is 14.1 Å². The second-order valence-electron chi connectivity index (χ2n) is 6.09. The summed E-state index contributed by atoms with van der Waals surface area (Å²) in [5.74, 6) is -0.769. The molecule has 1 aromatic carbocycles. The molecule has 27 heavy (non-hydrogen) atoms. The van der Waals surface area contributed by atoms with Crippen LogP contribution in [0.25, 0.3) is 11.2 Å². The quantitative estimate of drug-likeness (QED) is 0.713. The summed E-state index contributed by atoms with van der Waals surface area (Å²) in [6, 6.07) is 3.72. The molecule has 0 fully saturated rings. The first-order valence-electron chi connectivity index (χ1n) is 8.15. The number of aromatic nitrogens is 4. The standard InChI is InChI=1S/C17H17ClFN5O3/c1-22-15-14(16(26)23(2)17(22)27)24(9-20-15)7-3-4-13(25)21-12-6-5-10(19)8-11(12)18/h5-6,8-9H,3-4,7H2,1-2H3,(H,21,25). The number of carbonyl (C=O) groups is 1. The van der Waals surface area contributed by atoms with Gasteiger partial charge in [-0.05, 0) is 24.6 Å². The average molecular weight is 394 g/mol. The van der Waals surface area contributed by atoms with E-state index < -0.39 is 17.1 Å². The Morgan fingerprint density at radius 2 is 2.00 bits per heavy atom. The van der Waals surface area contributed by atoms with E-state index in [0.717, 1.165) is 10.6 Å². The Kier molecular flexibility index (Phi) is 5.13. The lowest BCUT2D eigenvalue weighted by Crippen LogP contribution is -2.37. The second-order valence-corrected chi connectivity index (χ2v) is 6.50. The molecule has 1 amide bonds. The maximum Gasteiger partial charge on any atom is 0.332 e. The smallest absolute Gasteiger partial charge is 0.325 e. The van der Waals surface area contributed by atoms with Gasteiger partial charge in [-0.1, -0.05) is 11.6 Å². The maximum atomic E-state index is 13.0. The highest BCUT2D eigenvalue weighted by atomic mass is 35.5. The number of imidazole rings is 1. The third-order valence-corrected chi connectivity index (χ3v) is 4.54. The first kappa shape index (κ1) is 18.8. The number of fused-ring (bicyclic) bond motifs is 1. The molecule has 0 aliphatic carbocycles. The zero-order valence-corrected chi connectivity index (χ0v) is 15.5. The van der Waals surface area contributed by atoms with Gasteiger partial charge in [-0.25, -0.2) is 14.2 Å². The van der Waals surface area contributed by atoms with Gasteiger partial charge in [0.2, 0.25) is 5.91 Å². The molecule has 0 saturated heterocycles. The van der Waals surface area contributed by atoms with Gasteiger partial charge in [0, 0.05) is 27.1 Å². The molecule has 0 saturated carbocycles. The summed E-state index contributed by atoms with van der Waals surface area (Å²) in [5, 5.41) is 2.74. The number of nitrogens with zero attached hydrogens (tertiary/aromatic N) is 4. The number of carbonyl (C=O) groups excluding carboxylic acids is 1. The normalized spacial score (nSPS) is 11.1. The summed E-state index contributed by atoms with van der Waals surface area (Å²) in [6.45, 7) is 0.370. The highest BCUT2D eigenvalue weighted by molar-refractivity contribution is 6.33. The van der Waals surface area contributed by atoms with Crippen LogP contribution in [0.5, 0.6) is 0 Å². The molecule has 0 spiro atoms. The predicted molar refractivity (Wildman–Crippen MR) is 99.5 cm³/mol. The van der Waals surface area contributed by atoms with E-state index >= 15 is 0 Å². The molecule has 0 aliphatic heterocycles. The van der Waals surface area contributed by atoms with Crippen LogP contribution in [0.15, 0.2) is 34.1 Å². The number of aryl methyl sites for hydroxylation is 2. The minimum Gasteiger partial charge on any atom is -0.325 e. The molecule has 0 bridgehead atoms. The number of anilines is 1. The first-order chi connectivity index (χ1) is 12.8. The molecule has 3 aromatic rings. The van der Waals surface area contributed by atoms with E-state index in [4.69, 9.17) is 11.6 Å². The van der Waals surface area contributed by atoms with Crippen molar-refractivity contribution in [1.29, 1.82) is 0 Å². The van der Waals surface area contributed by atoms with Crippen LogP contribution >= 0.6 is 11.6 Å². The largest absolute Gasteiger partial charge is 0.332 e. The fourth-order valence-corrected chi connectivity index (χ4v) is 2.99. The number of hydrogen-bond donors (Lipinski definition) is 1. The molecular weight excluding hydrogens is 377 g/mol. The van der Waals surface area contributed by atoms with Crippen molar-refractivity contribution in [3.8, 4) is 0 Å². The average Bonchev–Trinajstić information content (AvgIpc) is 3.04. The minimum absolute atomic E-state index is 0.119. The fraction of sp³-hybridized carbons (Fsp3) is 0.294. The van der Waals surface area contributed by atoms with E-state index in [9.17, 15) is 18.8 Å². The van der Waals surface area contributed by atoms with Gasteiger partial charge in [-0.15, -0.1) is 0 Å². The van der Waals surface area contributed by atoms with Crippen molar-refractivity contribution in [3.63, 3.8) is 0 Å². The molecule has 8 nitrogen and oxygen atoms in total. The minimum atomic E-state index is -0.485. The monoisotopic (exact) mass is 393 g/mol. The molecule has 0 atom stereocenters. The lowest BCUT2D eigenvalue weighted by Gasteiger charge is -2.08. The van der Waals surface area contributed by atoms with Crippen LogP contribution < -0.4 is 16.6 Å².